The summed E-state index contributed by atoms with van der Waals surface area (Å²) in [5, 5.41) is 18.5. The van der Waals surface area contributed by atoms with Crippen molar-refractivity contribution in [2.75, 3.05) is 0 Å². The van der Waals surface area contributed by atoms with E-state index in [0.29, 0.717) is 20.1 Å². The minimum atomic E-state index is 0.600. The minimum Gasteiger partial charge on any atom is -0.514 e. The van der Waals surface area contributed by atoms with E-state index in [1.54, 1.807) is 0 Å². The van der Waals surface area contributed by atoms with Crippen molar-refractivity contribution in [3.05, 3.63) is 32.3 Å². The summed E-state index contributed by atoms with van der Waals surface area (Å²) in [7, 11) is 0. The number of nitrogens with zero attached hydrogens (tertiary/aromatic N) is 2. The van der Waals surface area contributed by atoms with Gasteiger partial charge in [-0.15, -0.1) is 11.3 Å². The average Bonchev–Trinajstić information content (AvgIpc) is 2.75. The highest BCUT2D eigenvalue weighted by Gasteiger charge is 2.08. The summed E-state index contributed by atoms with van der Waals surface area (Å²) >= 11 is 1.26. The zero-order valence-electron chi connectivity index (χ0n) is 10.5. The van der Waals surface area contributed by atoms with E-state index < -0.39 is 0 Å². The number of rotatable bonds is 0. The summed E-state index contributed by atoms with van der Waals surface area (Å²) in [6.07, 6.45) is 2.00. The van der Waals surface area contributed by atoms with Crippen LogP contribution in [-0.2, 0) is 0 Å². The number of aromatic nitrogens is 2. The lowest BCUT2D eigenvalue weighted by atomic mass is 10.1. The molecule has 5 heteroatoms. The zero-order chi connectivity index (χ0) is 13.6. The number of aliphatic hydroxyl groups is 2. The Hall–Kier alpha value is -2.14. The molecule has 4 nitrogen and oxygen atoms in total. The predicted molar refractivity (Wildman–Crippen MR) is 77.8 cm³/mol. The number of fused-ring (bicyclic) bond motifs is 2. The van der Waals surface area contributed by atoms with E-state index in [2.05, 4.69) is 9.97 Å². The van der Waals surface area contributed by atoms with Crippen molar-refractivity contribution >= 4 is 45.9 Å². The number of aryl methyl sites for hydroxylation is 2. The molecule has 0 saturated carbocycles. The maximum atomic E-state index is 9.24. The molecule has 0 fully saturated rings. The fourth-order valence-electron chi connectivity index (χ4n) is 2.05. The van der Waals surface area contributed by atoms with E-state index in [-0.39, 0.29) is 0 Å². The van der Waals surface area contributed by atoms with Crippen LogP contribution in [0.5, 0.6) is 0 Å². The van der Waals surface area contributed by atoms with Gasteiger partial charge < -0.3 is 10.2 Å². The van der Waals surface area contributed by atoms with Crippen molar-refractivity contribution in [3.63, 3.8) is 0 Å². The Balaban J connectivity index is 2.57. The molecule has 0 unspecified atom stereocenters. The summed E-state index contributed by atoms with van der Waals surface area (Å²) in [5.41, 5.74) is 5.12. The predicted octanol–water partition coefficient (Wildman–Crippen LogP) is 2.05. The number of thiophene rings is 1. The van der Waals surface area contributed by atoms with Crippen LogP contribution in [0.1, 0.15) is 11.1 Å². The van der Waals surface area contributed by atoms with Gasteiger partial charge in [0.15, 0.2) is 0 Å². The molecule has 0 atom stereocenters. The molecule has 2 heterocycles. The Morgan fingerprint density at radius 3 is 1.68 bits per heavy atom. The van der Waals surface area contributed by atoms with Crippen LogP contribution >= 0.6 is 11.3 Å². The Morgan fingerprint density at radius 2 is 1.32 bits per heavy atom. The summed E-state index contributed by atoms with van der Waals surface area (Å²) in [6.45, 7) is 4.06. The molecule has 0 radical (unpaired) electrons. The quantitative estimate of drug-likeness (QED) is 0.657. The van der Waals surface area contributed by atoms with Crippen molar-refractivity contribution < 1.29 is 10.2 Å². The molecule has 0 aliphatic rings. The maximum Gasteiger partial charge on any atom is 0.111 e. The standard InChI is InChI=1S/C14H12N2O2S/c1-7-3-9-10(4-8(7)2)16-14-12(6-18)19-11(5-17)13(14)15-9/h3-6,17-18H,1-2H3/b11-5+,12-6+. The van der Waals surface area contributed by atoms with Gasteiger partial charge in [0.2, 0.25) is 0 Å². The second-order valence-corrected chi connectivity index (χ2v) is 5.52. The molecule has 0 amide bonds. The number of benzene rings is 1. The number of hydrogen-bond acceptors (Lipinski definition) is 5. The molecule has 0 aliphatic heterocycles. The molecule has 0 saturated heterocycles. The third-order valence-electron chi connectivity index (χ3n) is 3.20. The first-order valence-electron chi connectivity index (χ1n) is 5.80. The van der Waals surface area contributed by atoms with Gasteiger partial charge in [-0.1, -0.05) is 0 Å². The van der Waals surface area contributed by atoms with E-state index in [1.165, 1.54) is 11.3 Å². The van der Waals surface area contributed by atoms with Crippen molar-refractivity contribution in [2.24, 2.45) is 0 Å². The van der Waals surface area contributed by atoms with Gasteiger partial charge in [0.25, 0.3) is 0 Å². The van der Waals surface area contributed by atoms with Gasteiger partial charge in [0.05, 0.1) is 32.6 Å². The highest BCUT2D eigenvalue weighted by atomic mass is 32.1. The van der Waals surface area contributed by atoms with Crippen LogP contribution in [0.2, 0.25) is 0 Å². The fourth-order valence-corrected chi connectivity index (χ4v) is 2.87. The molecular weight excluding hydrogens is 260 g/mol. The van der Waals surface area contributed by atoms with E-state index >= 15 is 0 Å². The minimum absolute atomic E-state index is 0.600. The van der Waals surface area contributed by atoms with E-state index in [4.69, 9.17) is 0 Å². The lowest BCUT2D eigenvalue weighted by Crippen LogP contribution is -1.98. The fraction of sp³-hybridized carbons (Fsp3) is 0.143. The summed E-state index contributed by atoms with van der Waals surface area (Å²) < 4.78 is 1.20. The molecule has 0 aliphatic carbocycles. The van der Waals surface area contributed by atoms with Gasteiger partial charge >= 0.3 is 0 Å². The summed E-state index contributed by atoms with van der Waals surface area (Å²) in [5.74, 6) is 0. The Labute approximate surface area is 113 Å². The van der Waals surface area contributed by atoms with E-state index in [9.17, 15) is 10.2 Å². The van der Waals surface area contributed by atoms with Gasteiger partial charge in [-0.3, -0.25) is 0 Å². The van der Waals surface area contributed by atoms with Crippen molar-refractivity contribution in [3.8, 4) is 0 Å². The van der Waals surface area contributed by atoms with Gasteiger partial charge in [0, 0.05) is 0 Å². The highest BCUT2D eigenvalue weighted by Crippen LogP contribution is 2.18. The monoisotopic (exact) mass is 272 g/mol. The average molecular weight is 272 g/mol. The number of aliphatic hydroxyl groups excluding tert-OH is 2. The lowest BCUT2D eigenvalue weighted by Gasteiger charge is -2.02. The van der Waals surface area contributed by atoms with Crippen molar-refractivity contribution in [1.82, 2.24) is 9.97 Å². The van der Waals surface area contributed by atoms with E-state index in [0.717, 1.165) is 34.7 Å². The first kappa shape index (κ1) is 11.9. The van der Waals surface area contributed by atoms with Gasteiger partial charge in [-0.05, 0) is 37.1 Å². The lowest BCUT2D eigenvalue weighted by molar-refractivity contribution is 0.542. The van der Waals surface area contributed by atoms with Crippen LogP contribution in [0.15, 0.2) is 12.1 Å². The van der Waals surface area contributed by atoms with Crippen molar-refractivity contribution in [1.29, 1.82) is 0 Å². The van der Waals surface area contributed by atoms with Crippen LogP contribution in [-0.4, -0.2) is 20.2 Å². The Bertz CT molecular complexity index is 839. The van der Waals surface area contributed by atoms with Crippen LogP contribution in [0.3, 0.4) is 0 Å². The second kappa shape index (κ2) is 4.20. The van der Waals surface area contributed by atoms with Crippen LogP contribution < -0.4 is 9.06 Å². The zero-order valence-corrected chi connectivity index (χ0v) is 11.3. The molecule has 19 heavy (non-hydrogen) atoms. The highest BCUT2D eigenvalue weighted by molar-refractivity contribution is 7.09. The molecule has 2 N–H and O–H groups in total. The molecule has 1 aromatic carbocycles. The third kappa shape index (κ3) is 1.74. The Kier molecular flexibility index (Phi) is 2.64. The van der Waals surface area contributed by atoms with Crippen LogP contribution in [0, 0.1) is 13.8 Å². The van der Waals surface area contributed by atoms with Gasteiger partial charge in [-0.25, -0.2) is 9.97 Å². The largest absolute Gasteiger partial charge is 0.514 e. The molecule has 0 spiro atoms. The molecule has 96 valence electrons. The molecule has 0 bridgehead atoms. The molecule has 3 aromatic rings. The first-order valence-corrected chi connectivity index (χ1v) is 6.62. The first-order chi connectivity index (χ1) is 9.13. The SMILES string of the molecule is Cc1cc2nc3/c(=C\O)s/c(=C/O)c3nc2cc1C. The maximum absolute atomic E-state index is 9.24. The van der Waals surface area contributed by atoms with Crippen LogP contribution in [0.4, 0.5) is 0 Å². The van der Waals surface area contributed by atoms with Crippen LogP contribution in [0.25, 0.3) is 34.6 Å². The number of hydrogen-bond donors (Lipinski definition) is 2. The van der Waals surface area contributed by atoms with E-state index in [1.807, 2.05) is 26.0 Å². The van der Waals surface area contributed by atoms with Crippen molar-refractivity contribution in [2.45, 2.75) is 13.8 Å². The third-order valence-corrected chi connectivity index (χ3v) is 4.24. The topological polar surface area (TPSA) is 66.2 Å². The molecular formula is C14H12N2O2S. The molecule has 3 rings (SSSR count). The summed E-state index contributed by atoms with van der Waals surface area (Å²) in [4.78, 5) is 9.09. The molecule has 2 aromatic heterocycles. The normalized spacial score (nSPS) is 13.8. The summed E-state index contributed by atoms with van der Waals surface area (Å²) in [6, 6.07) is 3.97. The van der Waals surface area contributed by atoms with Gasteiger partial charge in [-0.2, -0.15) is 0 Å². The second-order valence-electron chi connectivity index (χ2n) is 4.43. The van der Waals surface area contributed by atoms with Gasteiger partial charge in [0.1, 0.15) is 11.0 Å². The smallest absolute Gasteiger partial charge is 0.111 e. The Morgan fingerprint density at radius 1 is 0.895 bits per heavy atom.